The van der Waals surface area contributed by atoms with Gasteiger partial charge in [-0.1, -0.05) is 11.6 Å². The third-order valence-electron chi connectivity index (χ3n) is 3.95. The highest BCUT2D eigenvalue weighted by atomic mass is 35.5. The van der Waals surface area contributed by atoms with Gasteiger partial charge in [-0.2, -0.15) is 4.98 Å². The summed E-state index contributed by atoms with van der Waals surface area (Å²) in [6, 6.07) is 1.55. The summed E-state index contributed by atoms with van der Waals surface area (Å²) in [5.41, 5.74) is 8.86. The van der Waals surface area contributed by atoms with Crippen LogP contribution in [0.4, 0.5) is 5.95 Å². The molecule has 0 aliphatic carbocycles. The predicted octanol–water partition coefficient (Wildman–Crippen LogP) is 2.82. The highest BCUT2D eigenvalue weighted by Gasteiger charge is 2.18. The van der Waals surface area contributed by atoms with Crippen LogP contribution >= 0.6 is 11.6 Å². The number of carbonyl (C=O) groups is 1. The Balaban J connectivity index is 1.80. The zero-order chi connectivity index (χ0) is 17.4. The van der Waals surface area contributed by atoms with Crippen molar-refractivity contribution in [2.45, 2.75) is 33.2 Å². The summed E-state index contributed by atoms with van der Waals surface area (Å²) in [6.07, 6.45) is 1.78. The zero-order valence-electron chi connectivity index (χ0n) is 13.6. The van der Waals surface area contributed by atoms with Gasteiger partial charge in [-0.15, -0.1) is 5.10 Å². The summed E-state index contributed by atoms with van der Waals surface area (Å²) in [6.45, 7) is 5.65. The third kappa shape index (κ3) is 2.94. The van der Waals surface area contributed by atoms with Crippen molar-refractivity contribution in [1.29, 1.82) is 0 Å². The van der Waals surface area contributed by atoms with Gasteiger partial charge < -0.3 is 15.5 Å². The number of amides is 1. The monoisotopic (exact) mass is 347 g/mol. The van der Waals surface area contributed by atoms with Crippen LogP contribution in [0.5, 0.6) is 0 Å². The van der Waals surface area contributed by atoms with Crippen molar-refractivity contribution in [3.05, 3.63) is 39.9 Å². The average molecular weight is 348 g/mol. The molecule has 0 saturated carbocycles. The van der Waals surface area contributed by atoms with Crippen LogP contribution in [0.1, 0.15) is 35.5 Å². The number of nitrogens with zero attached hydrogens (tertiary/aromatic N) is 2. The van der Waals surface area contributed by atoms with Crippen LogP contribution in [-0.2, 0) is 11.2 Å². The molecule has 0 aliphatic rings. The summed E-state index contributed by atoms with van der Waals surface area (Å²) in [5.74, 6) is 0.497. The van der Waals surface area contributed by atoms with Crippen molar-refractivity contribution in [1.82, 2.24) is 20.5 Å². The number of hydrogen-bond acceptors (Lipinski definition) is 5. The van der Waals surface area contributed by atoms with Crippen molar-refractivity contribution in [3.8, 4) is 0 Å². The SMILES string of the molecule is Cc1cc2occ(CC(=O)NC(C)c3nc(N)n[nH]3)c2c(C)c1Cl. The Morgan fingerprint density at radius 1 is 1.50 bits per heavy atom. The number of fused-ring (bicyclic) bond motifs is 1. The van der Waals surface area contributed by atoms with E-state index in [9.17, 15) is 4.79 Å². The number of benzene rings is 1. The Morgan fingerprint density at radius 3 is 2.92 bits per heavy atom. The van der Waals surface area contributed by atoms with E-state index in [-0.39, 0.29) is 24.3 Å². The smallest absolute Gasteiger partial charge is 0.239 e. The van der Waals surface area contributed by atoms with Gasteiger partial charge in [0, 0.05) is 16.0 Å². The lowest BCUT2D eigenvalue weighted by Gasteiger charge is -2.11. The molecule has 2 aromatic heterocycles. The first-order valence-corrected chi connectivity index (χ1v) is 7.87. The van der Waals surface area contributed by atoms with Gasteiger partial charge in [0.25, 0.3) is 0 Å². The van der Waals surface area contributed by atoms with E-state index in [1.165, 1.54) is 0 Å². The number of hydrogen-bond donors (Lipinski definition) is 3. The molecule has 24 heavy (non-hydrogen) atoms. The number of nitrogens with one attached hydrogen (secondary N) is 2. The molecular weight excluding hydrogens is 330 g/mol. The minimum atomic E-state index is -0.326. The van der Waals surface area contributed by atoms with Crippen LogP contribution in [0.3, 0.4) is 0 Å². The number of aryl methyl sites for hydroxylation is 2. The lowest BCUT2D eigenvalue weighted by molar-refractivity contribution is -0.121. The maximum absolute atomic E-state index is 12.3. The highest BCUT2D eigenvalue weighted by molar-refractivity contribution is 6.33. The fraction of sp³-hybridized carbons (Fsp3) is 0.312. The number of aromatic amines is 1. The molecule has 0 saturated heterocycles. The number of halogens is 1. The molecule has 3 aromatic rings. The fourth-order valence-corrected chi connectivity index (χ4v) is 2.90. The summed E-state index contributed by atoms with van der Waals surface area (Å²) < 4.78 is 5.58. The Morgan fingerprint density at radius 2 is 2.25 bits per heavy atom. The van der Waals surface area contributed by atoms with Crippen molar-refractivity contribution in [3.63, 3.8) is 0 Å². The third-order valence-corrected chi connectivity index (χ3v) is 4.53. The highest BCUT2D eigenvalue weighted by Crippen LogP contribution is 2.32. The van der Waals surface area contributed by atoms with E-state index in [0.717, 1.165) is 27.7 Å². The normalized spacial score (nSPS) is 12.5. The molecule has 0 fully saturated rings. The first kappa shape index (κ1) is 16.3. The van der Waals surface area contributed by atoms with E-state index < -0.39 is 0 Å². The summed E-state index contributed by atoms with van der Waals surface area (Å²) in [4.78, 5) is 16.3. The first-order valence-electron chi connectivity index (χ1n) is 7.49. The van der Waals surface area contributed by atoms with Gasteiger partial charge in [0.15, 0.2) is 0 Å². The number of aromatic nitrogens is 3. The molecule has 8 heteroatoms. The standard InChI is InChI=1S/C16H18ClN5O2/c1-7-4-11-13(8(2)14(7)17)10(6-24-11)5-12(23)19-9(3)15-20-16(18)22-21-15/h4,6,9H,5H2,1-3H3,(H,19,23)(H3,18,20,21,22). The number of anilines is 1. The second kappa shape index (κ2) is 6.16. The Labute approximate surface area is 143 Å². The minimum Gasteiger partial charge on any atom is -0.464 e. The largest absolute Gasteiger partial charge is 0.464 e. The zero-order valence-corrected chi connectivity index (χ0v) is 14.4. The average Bonchev–Trinajstić information content (AvgIpc) is 3.11. The lowest BCUT2D eigenvalue weighted by Crippen LogP contribution is -2.28. The molecular formula is C16H18ClN5O2. The van der Waals surface area contributed by atoms with Crippen LogP contribution in [0, 0.1) is 13.8 Å². The molecule has 1 unspecified atom stereocenters. The molecule has 1 atom stereocenters. The molecule has 2 heterocycles. The van der Waals surface area contributed by atoms with Crippen LogP contribution in [-0.4, -0.2) is 21.1 Å². The second-order valence-electron chi connectivity index (χ2n) is 5.81. The van der Waals surface area contributed by atoms with Crippen LogP contribution in [0.15, 0.2) is 16.7 Å². The number of nitrogens with two attached hydrogens (primary N) is 1. The van der Waals surface area contributed by atoms with Crippen LogP contribution < -0.4 is 11.1 Å². The first-order chi connectivity index (χ1) is 11.4. The molecule has 0 bridgehead atoms. The van der Waals surface area contributed by atoms with E-state index in [4.69, 9.17) is 21.8 Å². The molecule has 4 N–H and O–H groups in total. The van der Waals surface area contributed by atoms with E-state index >= 15 is 0 Å². The minimum absolute atomic E-state index is 0.146. The Kier molecular flexibility index (Phi) is 4.19. The van der Waals surface area contributed by atoms with Crippen LogP contribution in [0.2, 0.25) is 5.02 Å². The van der Waals surface area contributed by atoms with Gasteiger partial charge >= 0.3 is 0 Å². The van der Waals surface area contributed by atoms with Gasteiger partial charge in [0.1, 0.15) is 11.4 Å². The van der Waals surface area contributed by atoms with Crippen LogP contribution in [0.25, 0.3) is 11.0 Å². The number of H-pyrrole nitrogens is 1. The molecule has 7 nitrogen and oxygen atoms in total. The molecule has 3 rings (SSSR count). The Bertz CT molecular complexity index is 915. The van der Waals surface area contributed by atoms with Gasteiger partial charge in [-0.05, 0) is 38.0 Å². The number of furan rings is 1. The summed E-state index contributed by atoms with van der Waals surface area (Å²) >= 11 is 6.32. The predicted molar refractivity (Wildman–Crippen MR) is 91.8 cm³/mol. The lowest BCUT2D eigenvalue weighted by atomic mass is 10.0. The van der Waals surface area contributed by atoms with E-state index in [0.29, 0.717) is 10.8 Å². The Hall–Kier alpha value is -2.54. The second-order valence-corrected chi connectivity index (χ2v) is 6.19. The molecule has 0 radical (unpaired) electrons. The maximum Gasteiger partial charge on any atom is 0.239 e. The van der Waals surface area contributed by atoms with Crippen molar-refractivity contribution in [2.75, 3.05) is 5.73 Å². The molecule has 1 aromatic carbocycles. The van der Waals surface area contributed by atoms with Gasteiger partial charge in [0.2, 0.25) is 11.9 Å². The van der Waals surface area contributed by atoms with Gasteiger partial charge in [-0.3, -0.25) is 9.89 Å². The summed E-state index contributed by atoms with van der Waals surface area (Å²) in [5, 5.41) is 10.9. The molecule has 0 aliphatic heterocycles. The maximum atomic E-state index is 12.3. The molecule has 126 valence electrons. The quantitative estimate of drug-likeness (QED) is 0.672. The number of rotatable bonds is 4. The molecule has 1 amide bonds. The topological polar surface area (TPSA) is 110 Å². The van der Waals surface area contributed by atoms with Crippen molar-refractivity contribution in [2.24, 2.45) is 0 Å². The van der Waals surface area contributed by atoms with Gasteiger partial charge in [0.05, 0.1) is 18.7 Å². The summed E-state index contributed by atoms with van der Waals surface area (Å²) in [7, 11) is 0. The van der Waals surface area contributed by atoms with Crippen molar-refractivity contribution < 1.29 is 9.21 Å². The molecule has 0 spiro atoms. The fourth-order valence-electron chi connectivity index (χ4n) is 2.75. The van der Waals surface area contributed by atoms with E-state index in [1.807, 2.05) is 19.9 Å². The van der Waals surface area contributed by atoms with E-state index in [2.05, 4.69) is 20.5 Å². The number of carbonyl (C=O) groups excluding carboxylic acids is 1. The van der Waals surface area contributed by atoms with E-state index in [1.54, 1.807) is 13.2 Å². The number of nitrogen functional groups attached to an aromatic ring is 1. The van der Waals surface area contributed by atoms with Gasteiger partial charge in [-0.25, -0.2) is 0 Å². The van der Waals surface area contributed by atoms with Crippen molar-refractivity contribution >= 4 is 34.4 Å².